The monoisotopic (exact) mass is 242 g/mol. The number of aromatic amines is 1. The quantitative estimate of drug-likeness (QED) is 0.840. The molecule has 2 rings (SSSR count). The minimum Gasteiger partial charge on any atom is -0.492 e. The van der Waals surface area contributed by atoms with Crippen molar-refractivity contribution in [2.45, 2.75) is 13.8 Å². The number of thiophene rings is 1. The first-order chi connectivity index (χ1) is 7.20. The first kappa shape index (κ1) is 10.4. The van der Waals surface area contributed by atoms with Gasteiger partial charge in [-0.3, -0.25) is 4.98 Å². The zero-order valence-corrected chi connectivity index (χ0v) is 10.00. The van der Waals surface area contributed by atoms with E-state index in [9.17, 15) is 0 Å². The highest BCUT2D eigenvalue weighted by Crippen LogP contribution is 2.36. The fourth-order valence-corrected chi connectivity index (χ4v) is 2.27. The van der Waals surface area contributed by atoms with Gasteiger partial charge >= 0.3 is 0 Å². The Bertz CT molecular complexity index is 512. The Morgan fingerprint density at radius 3 is 3.07 bits per heavy atom. The molecule has 0 bridgehead atoms. The summed E-state index contributed by atoms with van der Waals surface area (Å²) < 4.78 is 10.3. The molecule has 80 valence electrons. The van der Waals surface area contributed by atoms with Crippen LogP contribution in [0.2, 0.25) is 0 Å². The van der Waals surface area contributed by atoms with Crippen LogP contribution in [-0.2, 0) is 0 Å². The number of rotatable bonds is 3. The van der Waals surface area contributed by atoms with Crippen molar-refractivity contribution < 1.29 is 9.26 Å². The van der Waals surface area contributed by atoms with E-state index in [1.54, 1.807) is 11.3 Å². The van der Waals surface area contributed by atoms with Crippen LogP contribution >= 0.6 is 23.6 Å². The second-order valence-electron chi connectivity index (χ2n) is 2.93. The molecular formula is C9H10N2O2S2. The molecule has 15 heavy (non-hydrogen) atoms. The molecule has 0 atom stereocenters. The van der Waals surface area contributed by atoms with E-state index in [4.69, 9.17) is 21.5 Å². The molecule has 0 saturated carbocycles. The third-order valence-corrected chi connectivity index (χ3v) is 2.99. The minimum absolute atomic E-state index is 0.276. The van der Waals surface area contributed by atoms with Crippen LogP contribution in [0, 0.1) is 11.8 Å². The second kappa shape index (κ2) is 4.16. The Balaban J connectivity index is 2.46. The van der Waals surface area contributed by atoms with Crippen LogP contribution in [0.1, 0.15) is 11.8 Å². The summed E-state index contributed by atoms with van der Waals surface area (Å²) in [5.74, 6) is 1.45. The maximum atomic E-state index is 5.50. The van der Waals surface area contributed by atoms with Crippen molar-refractivity contribution in [1.29, 1.82) is 0 Å². The molecule has 2 aromatic rings. The maximum absolute atomic E-state index is 5.50. The standard InChI is InChI=1S/C9H10N2O2S2/c1-3-12-6-4-5(2)15-7(6)8-10-9(14)13-11-8/h4H,3H2,1-2H3,(H,10,11,14). The number of aryl methyl sites for hydroxylation is 1. The van der Waals surface area contributed by atoms with Gasteiger partial charge in [0.25, 0.3) is 4.84 Å². The molecule has 0 unspecified atom stereocenters. The van der Waals surface area contributed by atoms with Gasteiger partial charge in [0, 0.05) is 4.88 Å². The van der Waals surface area contributed by atoms with E-state index in [1.807, 2.05) is 19.9 Å². The van der Waals surface area contributed by atoms with Crippen LogP contribution < -0.4 is 4.74 Å². The predicted molar refractivity (Wildman–Crippen MR) is 60.9 cm³/mol. The summed E-state index contributed by atoms with van der Waals surface area (Å²) in [6, 6.07) is 1.98. The fourth-order valence-electron chi connectivity index (χ4n) is 1.25. The number of nitrogens with zero attached hydrogens (tertiary/aromatic N) is 1. The van der Waals surface area contributed by atoms with Crippen molar-refractivity contribution in [2.24, 2.45) is 0 Å². The summed E-state index contributed by atoms with van der Waals surface area (Å²) in [5, 5.41) is 3.84. The lowest BCUT2D eigenvalue weighted by Gasteiger charge is -2.00. The van der Waals surface area contributed by atoms with Gasteiger partial charge in [0.15, 0.2) is 5.82 Å². The number of ether oxygens (including phenoxy) is 1. The molecule has 2 aromatic heterocycles. The van der Waals surface area contributed by atoms with Crippen LogP contribution in [0.15, 0.2) is 10.6 Å². The molecule has 4 nitrogen and oxygen atoms in total. The molecule has 0 spiro atoms. The zero-order valence-electron chi connectivity index (χ0n) is 8.36. The first-order valence-corrected chi connectivity index (χ1v) is 5.72. The van der Waals surface area contributed by atoms with E-state index in [2.05, 4.69) is 10.1 Å². The number of hydrogen-bond acceptors (Lipinski definition) is 5. The van der Waals surface area contributed by atoms with Gasteiger partial charge in [-0.05, 0) is 32.1 Å². The summed E-state index contributed by atoms with van der Waals surface area (Å²) in [6.45, 7) is 4.59. The first-order valence-electron chi connectivity index (χ1n) is 4.50. The van der Waals surface area contributed by atoms with Crippen molar-refractivity contribution in [3.8, 4) is 16.5 Å². The second-order valence-corrected chi connectivity index (χ2v) is 4.55. The molecule has 0 fully saturated rings. The number of aromatic nitrogens is 2. The highest BCUT2D eigenvalue weighted by molar-refractivity contribution is 7.71. The Labute approximate surface area is 95.9 Å². The molecular weight excluding hydrogens is 232 g/mol. The summed E-state index contributed by atoms with van der Waals surface area (Å²) in [7, 11) is 0. The SMILES string of the molecule is CCOc1cc(C)sc1-c1noc(=S)[nH]1. The number of hydrogen-bond donors (Lipinski definition) is 1. The summed E-state index contributed by atoms with van der Waals surface area (Å²) in [5.41, 5.74) is 0. The molecule has 0 amide bonds. The topological polar surface area (TPSA) is 51.1 Å². The molecule has 0 aliphatic carbocycles. The van der Waals surface area contributed by atoms with Crippen molar-refractivity contribution in [2.75, 3.05) is 6.61 Å². The molecule has 0 aromatic carbocycles. The third-order valence-electron chi connectivity index (χ3n) is 1.78. The smallest absolute Gasteiger partial charge is 0.295 e. The van der Waals surface area contributed by atoms with Gasteiger partial charge in [0.05, 0.1) is 6.61 Å². The van der Waals surface area contributed by atoms with E-state index < -0.39 is 0 Å². The van der Waals surface area contributed by atoms with Gasteiger partial charge in [0.1, 0.15) is 10.6 Å². The van der Waals surface area contributed by atoms with Crippen molar-refractivity contribution >= 4 is 23.6 Å². The number of nitrogens with one attached hydrogen (secondary N) is 1. The van der Waals surface area contributed by atoms with Crippen molar-refractivity contribution in [3.63, 3.8) is 0 Å². The van der Waals surface area contributed by atoms with Crippen molar-refractivity contribution in [3.05, 3.63) is 15.8 Å². The van der Waals surface area contributed by atoms with E-state index in [0.29, 0.717) is 12.4 Å². The van der Waals surface area contributed by atoms with Gasteiger partial charge < -0.3 is 9.26 Å². The lowest BCUT2D eigenvalue weighted by atomic mass is 10.4. The summed E-state index contributed by atoms with van der Waals surface area (Å²) in [6.07, 6.45) is 0. The fraction of sp³-hybridized carbons (Fsp3) is 0.333. The molecule has 0 radical (unpaired) electrons. The predicted octanol–water partition coefficient (Wildman–Crippen LogP) is 3.17. The lowest BCUT2D eigenvalue weighted by Crippen LogP contribution is -1.91. The Morgan fingerprint density at radius 2 is 2.47 bits per heavy atom. The van der Waals surface area contributed by atoms with Crippen LogP contribution in [0.25, 0.3) is 10.7 Å². The third kappa shape index (κ3) is 2.10. The number of H-pyrrole nitrogens is 1. The van der Waals surface area contributed by atoms with Gasteiger partial charge in [-0.15, -0.1) is 11.3 Å². The van der Waals surface area contributed by atoms with Crippen LogP contribution in [0.3, 0.4) is 0 Å². The molecule has 6 heteroatoms. The normalized spacial score (nSPS) is 10.5. The highest BCUT2D eigenvalue weighted by atomic mass is 32.1. The van der Waals surface area contributed by atoms with Crippen molar-refractivity contribution in [1.82, 2.24) is 10.1 Å². The lowest BCUT2D eigenvalue weighted by molar-refractivity contribution is 0.342. The van der Waals surface area contributed by atoms with E-state index in [0.717, 1.165) is 15.5 Å². The molecule has 2 heterocycles. The Kier molecular flexibility index (Phi) is 2.88. The molecule has 0 saturated heterocycles. The zero-order chi connectivity index (χ0) is 10.8. The van der Waals surface area contributed by atoms with Crippen LogP contribution in [-0.4, -0.2) is 16.7 Å². The summed E-state index contributed by atoms with van der Waals surface area (Å²) >= 11 is 6.42. The average Bonchev–Trinajstić information content (AvgIpc) is 2.73. The Hall–Kier alpha value is -1.14. The minimum atomic E-state index is 0.276. The largest absolute Gasteiger partial charge is 0.492 e. The van der Waals surface area contributed by atoms with E-state index >= 15 is 0 Å². The van der Waals surface area contributed by atoms with Crippen LogP contribution in [0.4, 0.5) is 0 Å². The average molecular weight is 242 g/mol. The maximum Gasteiger partial charge on any atom is 0.295 e. The molecule has 0 aliphatic heterocycles. The Morgan fingerprint density at radius 1 is 1.67 bits per heavy atom. The highest BCUT2D eigenvalue weighted by Gasteiger charge is 2.13. The van der Waals surface area contributed by atoms with Gasteiger partial charge in [-0.1, -0.05) is 5.16 Å². The van der Waals surface area contributed by atoms with E-state index in [-0.39, 0.29) is 4.84 Å². The van der Waals surface area contributed by atoms with Crippen LogP contribution in [0.5, 0.6) is 5.75 Å². The van der Waals surface area contributed by atoms with Gasteiger partial charge in [-0.25, -0.2) is 0 Å². The van der Waals surface area contributed by atoms with E-state index in [1.165, 1.54) is 0 Å². The molecule has 1 N–H and O–H groups in total. The van der Waals surface area contributed by atoms with Gasteiger partial charge in [0.2, 0.25) is 0 Å². The summed E-state index contributed by atoms with van der Waals surface area (Å²) in [4.78, 5) is 5.24. The van der Waals surface area contributed by atoms with Gasteiger partial charge in [-0.2, -0.15) is 0 Å². The molecule has 0 aliphatic rings.